The van der Waals surface area contributed by atoms with Crippen LogP contribution in [0.3, 0.4) is 0 Å². The lowest BCUT2D eigenvalue weighted by Gasteiger charge is -2.03. The summed E-state index contributed by atoms with van der Waals surface area (Å²) in [5.41, 5.74) is 2.32. The van der Waals surface area contributed by atoms with E-state index in [-0.39, 0.29) is 11.5 Å². The van der Waals surface area contributed by atoms with Crippen LogP contribution in [0.4, 0.5) is 0 Å². The van der Waals surface area contributed by atoms with Gasteiger partial charge in [-0.15, -0.1) is 0 Å². The van der Waals surface area contributed by atoms with Gasteiger partial charge < -0.3 is 0 Å². The smallest absolute Gasteiger partial charge is 0.284 e. The number of aromatic nitrogens is 1. The molecule has 1 aromatic heterocycles. The molecule has 0 bridgehead atoms. The lowest BCUT2D eigenvalue weighted by Crippen LogP contribution is -2.32. The predicted octanol–water partition coefficient (Wildman–Crippen LogP) is 0.278. The molecule has 0 atom stereocenters. The molecule has 14 heavy (non-hydrogen) atoms. The number of hydrazine groups is 1. The van der Waals surface area contributed by atoms with Gasteiger partial charge in [0.25, 0.3) is 5.91 Å². The number of pyridine rings is 1. The van der Waals surface area contributed by atoms with Crippen molar-refractivity contribution in [2.45, 2.75) is 13.3 Å². The molecule has 0 radical (unpaired) electrons. The van der Waals surface area contributed by atoms with Gasteiger partial charge in [0.05, 0.1) is 0 Å². The van der Waals surface area contributed by atoms with E-state index < -0.39 is 5.91 Å². The Kier molecular flexibility index (Phi) is 3.30. The number of carbonyl (C=O) groups excluding carboxylic acids is 2. The van der Waals surface area contributed by atoms with Gasteiger partial charge in [0.15, 0.2) is 5.78 Å². The molecule has 5 nitrogen and oxygen atoms in total. The van der Waals surface area contributed by atoms with Gasteiger partial charge in [-0.05, 0) is 12.1 Å². The van der Waals surface area contributed by atoms with Crippen LogP contribution in [0.25, 0.3) is 0 Å². The van der Waals surface area contributed by atoms with Crippen LogP contribution in [-0.2, 0) is 0 Å². The first-order valence-corrected chi connectivity index (χ1v) is 4.19. The van der Waals surface area contributed by atoms with Crippen molar-refractivity contribution >= 4 is 11.7 Å². The van der Waals surface area contributed by atoms with Crippen LogP contribution in [0.5, 0.6) is 0 Å². The zero-order valence-electron chi connectivity index (χ0n) is 7.78. The molecule has 0 fully saturated rings. The number of nitrogen functional groups attached to an aromatic ring is 1. The van der Waals surface area contributed by atoms with E-state index in [2.05, 4.69) is 4.98 Å². The minimum absolute atomic E-state index is 0.0712. The Morgan fingerprint density at radius 3 is 2.86 bits per heavy atom. The van der Waals surface area contributed by atoms with Crippen LogP contribution >= 0.6 is 0 Å². The number of nitrogens with zero attached hydrogens (tertiary/aromatic N) is 1. The first-order valence-electron chi connectivity index (χ1n) is 4.19. The molecule has 0 saturated heterocycles. The Labute approximate surface area is 81.3 Å². The number of ketones is 1. The summed E-state index contributed by atoms with van der Waals surface area (Å²) in [6, 6.07) is 3.17. The minimum Gasteiger partial charge on any atom is -0.294 e. The molecule has 0 aliphatic carbocycles. The Hall–Kier alpha value is -1.75. The molecule has 0 saturated carbocycles. The first kappa shape index (κ1) is 10.3. The summed E-state index contributed by atoms with van der Waals surface area (Å²) < 4.78 is 0. The largest absolute Gasteiger partial charge is 0.294 e. The number of amides is 1. The van der Waals surface area contributed by atoms with Crippen molar-refractivity contribution in [2.24, 2.45) is 5.84 Å². The molecule has 74 valence electrons. The lowest BCUT2D eigenvalue weighted by atomic mass is 10.1. The fourth-order valence-electron chi connectivity index (χ4n) is 1.07. The van der Waals surface area contributed by atoms with Gasteiger partial charge in [-0.1, -0.05) is 6.92 Å². The van der Waals surface area contributed by atoms with Crippen LogP contribution < -0.4 is 11.3 Å². The lowest BCUT2D eigenvalue weighted by molar-refractivity contribution is 0.0928. The summed E-state index contributed by atoms with van der Waals surface area (Å²) in [6.07, 6.45) is 1.77. The average Bonchev–Trinajstić information content (AvgIpc) is 2.27. The van der Waals surface area contributed by atoms with Crippen LogP contribution in [0.15, 0.2) is 18.3 Å². The van der Waals surface area contributed by atoms with Crippen molar-refractivity contribution in [1.29, 1.82) is 0 Å². The SMILES string of the molecule is CCC(=O)c1cccnc1C(=O)NN. The van der Waals surface area contributed by atoms with E-state index >= 15 is 0 Å². The molecular weight excluding hydrogens is 182 g/mol. The van der Waals surface area contributed by atoms with Gasteiger partial charge in [0, 0.05) is 18.2 Å². The summed E-state index contributed by atoms with van der Waals surface area (Å²) >= 11 is 0. The zero-order valence-corrected chi connectivity index (χ0v) is 7.78. The van der Waals surface area contributed by atoms with E-state index in [9.17, 15) is 9.59 Å². The maximum absolute atomic E-state index is 11.4. The number of nitrogens with one attached hydrogen (secondary N) is 1. The third-order valence-electron chi connectivity index (χ3n) is 1.78. The van der Waals surface area contributed by atoms with Crippen molar-refractivity contribution in [3.05, 3.63) is 29.6 Å². The summed E-state index contributed by atoms with van der Waals surface area (Å²) in [5.74, 6) is 4.28. The van der Waals surface area contributed by atoms with Gasteiger partial charge in [-0.2, -0.15) is 0 Å². The summed E-state index contributed by atoms with van der Waals surface area (Å²) in [6.45, 7) is 1.72. The minimum atomic E-state index is -0.553. The van der Waals surface area contributed by atoms with Crippen molar-refractivity contribution in [3.63, 3.8) is 0 Å². The molecule has 0 spiro atoms. The third kappa shape index (κ3) is 1.94. The van der Waals surface area contributed by atoms with Crippen molar-refractivity contribution < 1.29 is 9.59 Å². The molecule has 3 N–H and O–H groups in total. The Morgan fingerprint density at radius 2 is 2.29 bits per heavy atom. The normalized spacial score (nSPS) is 9.57. The van der Waals surface area contributed by atoms with Gasteiger partial charge in [0.2, 0.25) is 0 Å². The highest BCUT2D eigenvalue weighted by Crippen LogP contribution is 2.07. The van der Waals surface area contributed by atoms with Crippen LogP contribution in [0.2, 0.25) is 0 Å². The Bertz CT molecular complexity index is 328. The number of Topliss-reactive ketones (excluding diaryl/α,β-unsaturated/α-hetero) is 1. The number of hydrogen-bond donors (Lipinski definition) is 2. The number of hydrogen-bond acceptors (Lipinski definition) is 4. The molecule has 0 aliphatic rings. The second kappa shape index (κ2) is 4.48. The number of carbonyl (C=O) groups is 2. The van der Waals surface area contributed by atoms with Crippen molar-refractivity contribution in [2.75, 3.05) is 0 Å². The van der Waals surface area contributed by atoms with Gasteiger partial charge in [-0.3, -0.25) is 20.0 Å². The first-order chi connectivity index (χ1) is 6.70. The van der Waals surface area contributed by atoms with Gasteiger partial charge >= 0.3 is 0 Å². The highest BCUT2D eigenvalue weighted by molar-refractivity contribution is 6.06. The van der Waals surface area contributed by atoms with Gasteiger partial charge in [-0.25, -0.2) is 5.84 Å². The predicted molar refractivity (Wildman–Crippen MR) is 50.5 cm³/mol. The molecular formula is C9H11N3O2. The molecule has 5 heteroatoms. The van der Waals surface area contributed by atoms with Gasteiger partial charge in [0.1, 0.15) is 5.69 Å². The van der Waals surface area contributed by atoms with E-state index in [0.717, 1.165) is 0 Å². The van der Waals surface area contributed by atoms with E-state index in [1.807, 2.05) is 5.43 Å². The van der Waals surface area contributed by atoms with Crippen molar-refractivity contribution in [3.8, 4) is 0 Å². The fourth-order valence-corrected chi connectivity index (χ4v) is 1.07. The number of nitrogens with two attached hydrogens (primary N) is 1. The maximum Gasteiger partial charge on any atom is 0.284 e. The molecule has 1 amide bonds. The summed E-state index contributed by atoms with van der Waals surface area (Å²) in [7, 11) is 0. The quantitative estimate of drug-likeness (QED) is 0.312. The standard InChI is InChI=1S/C9H11N3O2/c1-2-7(13)6-4-3-5-11-8(6)9(14)12-10/h3-5H,2,10H2,1H3,(H,12,14). The Morgan fingerprint density at radius 1 is 1.57 bits per heavy atom. The third-order valence-corrected chi connectivity index (χ3v) is 1.78. The Balaban J connectivity index is 3.15. The van der Waals surface area contributed by atoms with E-state index in [0.29, 0.717) is 12.0 Å². The molecule has 0 aliphatic heterocycles. The molecule has 1 rings (SSSR count). The maximum atomic E-state index is 11.4. The van der Waals surface area contributed by atoms with E-state index in [4.69, 9.17) is 5.84 Å². The summed E-state index contributed by atoms with van der Waals surface area (Å²) in [5, 5.41) is 0. The highest BCUT2D eigenvalue weighted by Gasteiger charge is 2.15. The fraction of sp³-hybridized carbons (Fsp3) is 0.222. The zero-order chi connectivity index (χ0) is 10.6. The van der Waals surface area contributed by atoms with E-state index in [1.165, 1.54) is 6.20 Å². The van der Waals surface area contributed by atoms with Crippen molar-refractivity contribution in [1.82, 2.24) is 10.4 Å². The van der Waals surface area contributed by atoms with Crippen LogP contribution in [0.1, 0.15) is 34.2 Å². The topological polar surface area (TPSA) is 85.1 Å². The second-order valence-corrected chi connectivity index (χ2v) is 2.65. The van der Waals surface area contributed by atoms with Crippen LogP contribution in [0, 0.1) is 0 Å². The van der Waals surface area contributed by atoms with Crippen LogP contribution in [-0.4, -0.2) is 16.7 Å². The molecule has 1 aromatic rings. The average molecular weight is 193 g/mol. The monoisotopic (exact) mass is 193 g/mol. The molecule has 1 heterocycles. The second-order valence-electron chi connectivity index (χ2n) is 2.65. The highest BCUT2D eigenvalue weighted by atomic mass is 16.2. The molecule has 0 aromatic carbocycles. The molecule has 0 unspecified atom stereocenters. The van der Waals surface area contributed by atoms with E-state index in [1.54, 1.807) is 19.1 Å². The number of rotatable bonds is 3. The summed E-state index contributed by atoms with van der Waals surface area (Å²) in [4.78, 5) is 26.4.